The quantitative estimate of drug-likeness (QED) is 0.302. The maximum absolute atomic E-state index is 3.30. The van der Waals surface area contributed by atoms with E-state index in [-0.39, 0.29) is 24.8 Å². The van der Waals surface area contributed by atoms with Crippen molar-refractivity contribution in [2.75, 3.05) is 0 Å². The molecule has 0 N–H and O–H groups in total. The predicted molar refractivity (Wildman–Crippen MR) is 123 cm³/mol. The second-order valence-electron chi connectivity index (χ2n) is 8.32. The number of fused-ring (bicyclic) bond motifs is 3. The monoisotopic (exact) mass is 528 g/mol. The maximum Gasteiger partial charge on any atom is -0.0253 e. The smallest absolute Gasteiger partial charge is 0.0253 e. The van der Waals surface area contributed by atoms with Gasteiger partial charge in [0.25, 0.3) is 0 Å². The maximum atomic E-state index is 3.30. The molecule has 0 bridgehead atoms. The van der Waals surface area contributed by atoms with Gasteiger partial charge in [-0.3, -0.25) is 0 Å². The third-order valence-corrected chi connectivity index (χ3v) is 7.48. The van der Waals surface area contributed by atoms with Crippen molar-refractivity contribution in [3.05, 3.63) is 88.0 Å². The number of halogens is 2. The molecule has 0 nitrogen and oxygen atoms in total. The molecule has 1 fully saturated rings. The first kappa shape index (κ1) is 28.2. The van der Waals surface area contributed by atoms with Gasteiger partial charge in [-0.15, -0.1) is 5.56 Å². The molecule has 0 aliphatic heterocycles. The van der Waals surface area contributed by atoms with E-state index in [1.807, 2.05) is 6.07 Å². The number of benzene rings is 2. The topological polar surface area (TPSA) is 0 Å². The Kier molecular flexibility index (Phi) is 12.4. The first-order chi connectivity index (χ1) is 14.0. The minimum absolute atomic E-state index is 0. The second-order valence-corrected chi connectivity index (χ2v) is 10.1. The van der Waals surface area contributed by atoms with Crippen LogP contribution < -0.4 is 24.8 Å². The zero-order chi connectivity index (χ0) is 20.8. The van der Waals surface area contributed by atoms with Crippen molar-refractivity contribution in [3.63, 3.8) is 0 Å². The molecular weight excluding hydrogens is 498 g/mol. The summed E-state index contributed by atoms with van der Waals surface area (Å²) in [5, 5.41) is 0. The van der Waals surface area contributed by atoms with Crippen LogP contribution in [-0.4, -0.2) is 3.21 Å². The largest absolute Gasteiger partial charge is 0.179 e. The average Bonchev–Trinajstić information content (AvgIpc) is 3.22. The van der Waals surface area contributed by atoms with E-state index in [0.29, 0.717) is 0 Å². The first-order valence-electron chi connectivity index (χ1n) is 10.8. The van der Waals surface area contributed by atoms with E-state index < -0.39 is 0 Å². The second kappa shape index (κ2) is 13.6. The van der Waals surface area contributed by atoms with Crippen molar-refractivity contribution in [2.24, 2.45) is 0 Å². The number of rotatable bonds is 0. The summed E-state index contributed by atoms with van der Waals surface area (Å²) in [4.78, 5) is 0. The van der Waals surface area contributed by atoms with Gasteiger partial charge in [-0.1, -0.05) is 63.1 Å². The normalized spacial score (nSPS) is 13.3. The van der Waals surface area contributed by atoms with Crippen molar-refractivity contribution >= 4 is 3.21 Å². The summed E-state index contributed by atoms with van der Waals surface area (Å²) in [7, 11) is 0. The summed E-state index contributed by atoms with van der Waals surface area (Å²) in [6.07, 6.45) is 8.36. The Morgan fingerprint density at radius 2 is 1.52 bits per heavy atom. The summed E-state index contributed by atoms with van der Waals surface area (Å²) in [6.45, 7) is 8.68. The summed E-state index contributed by atoms with van der Waals surface area (Å²) < 4.78 is 1.80. The third-order valence-electron chi connectivity index (χ3n) is 6.25. The molecule has 0 atom stereocenters. The Morgan fingerprint density at radius 1 is 0.871 bits per heavy atom. The van der Waals surface area contributed by atoms with Crippen LogP contribution in [-0.2, 0) is 30.7 Å². The van der Waals surface area contributed by atoms with Crippen LogP contribution in [0.25, 0.3) is 11.1 Å². The van der Waals surface area contributed by atoms with E-state index >= 15 is 0 Å². The Hall–Kier alpha value is -0.877. The van der Waals surface area contributed by atoms with Gasteiger partial charge in [-0.2, -0.15) is 58.1 Å². The van der Waals surface area contributed by atoms with Gasteiger partial charge >= 0.3 is 59.5 Å². The van der Waals surface area contributed by atoms with Crippen molar-refractivity contribution in [2.45, 2.75) is 66.2 Å². The number of hydrogen-bond donors (Lipinski definition) is 0. The SMILES string of the molecule is Cc1c[c-](C)c(C)c1C.[Cl-].[Cl-].[Zr+2]=[C]1CCCCC1.[c-]1cccc2c1Cc1ccccc1-2. The molecule has 164 valence electrons. The van der Waals surface area contributed by atoms with E-state index in [1.54, 1.807) is 27.4 Å². The van der Waals surface area contributed by atoms with Crippen molar-refractivity contribution < 1.29 is 49.0 Å². The average molecular weight is 531 g/mol. The van der Waals surface area contributed by atoms with Crippen LogP contribution in [0.5, 0.6) is 0 Å². The van der Waals surface area contributed by atoms with Gasteiger partial charge in [0, 0.05) is 0 Å². The van der Waals surface area contributed by atoms with E-state index in [0.717, 1.165) is 6.42 Å². The van der Waals surface area contributed by atoms with E-state index in [4.69, 9.17) is 0 Å². The van der Waals surface area contributed by atoms with Crippen LogP contribution in [0.2, 0.25) is 0 Å². The minimum Gasteiger partial charge on any atom is -0.179 e. The van der Waals surface area contributed by atoms with Crippen LogP contribution in [0.4, 0.5) is 0 Å². The summed E-state index contributed by atoms with van der Waals surface area (Å²) in [6, 6.07) is 20.3. The van der Waals surface area contributed by atoms with E-state index in [1.165, 1.54) is 76.6 Å². The van der Waals surface area contributed by atoms with Crippen molar-refractivity contribution in [1.29, 1.82) is 0 Å². The fourth-order valence-electron chi connectivity index (χ4n) is 4.11. The Balaban J connectivity index is 0.000000238. The molecule has 2 aliphatic rings. The molecular formula is C28H32Cl2Zr-2. The zero-order valence-electron chi connectivity index (χ0n) is 19.1. The number of hydrogen-bond acceptors (Lipinski definition) is 0. The van der Waals surface area contributed by atoms with Crippen LogP contribution in [0.3, 0.4) is 0 Å². The van der Waals surface area contributed by atoms with Crippen LogP contribution in [0.15, 0.2) is 48.5 Å². The van der Waals surface area contributed by atoms with E-state index in [9.17, 15) is 0 Å². The van der Waals surface area contributed by atoms with Gasteiger partial charge in [0.1, 0.15) is 0 Å². The number of aryl methyl sites for hydroxylation is 2. The molecule has 1 saturated carbocycles. The molecule has 0 heterocycles. The molecule has 0 spiro atoms. The Labute approximate surface area is 216 Å². The summed E-state index contributed by atoms with van der Waals surface area (Å²) in [5.74, 6) is 0. The van der Waals surface area contributed by atoms with Crippen LogP contribution >= 0.6 is 0 Å². The van der Waals surface area contributed by atoms with Crippen molar-refractivity contribution in [1.82, 2.24) is 0 Å². The van der Waals surface area contributed by atoms with Gasteiger partial charge in [0.15, 0.2) is 0 Å². The molecule has 0 saturated heterocycles. The van der Waals surface area contributed by atoms with Crippen molar-refractivity contribution in [3.8, 4) is 11.1 Å². The van der Waals surface area contributed by atoms with E-state index in [2.05, 4.69) is 76.2 Å². The first-order valence-corrected chi connectivity index (χ1v) is 12.0. The zero-order valence-corrected chi connectivity index (χ0v) is 23.1. The summed E-state index contributed by atoms with van der Waals surface area (Å²) >= 11 is 1.69. The third kappa shape index (κ3) is 7.59. The standard InChI is InChI=1S/C13H9.C9H13.C6H10.2ClH.Zr/c1-3-7-12-10(5-1)9-11-6-2-4-8-13(11)12;1-6-5-7(2)9(4)8(6)3;1-2-4-6-5-3-1;;;/h1-5,7-8H,9H2;5H,1-4H3;1-5H2;2*1H;/q2*-1;;;;+2/p-2. The van der Waals surface area contributed by atoms with Crippen LogP contribution in [0, 0.1) is 33.8 Å². The van der Waals surface area contributed by atoms with Crippen LogP contribution in [0.1, 0.15) is 65.5 Å². The fourth-order valence-corrected chi connectivity index (χ4v) is 4.98. The van der Waals surface area contributed by atoms with Gasteiger partial charge in [-0.05, 0) is 6.42 Å². The summed E-state index contributed by atoms with van der Waals surface area (Å²) in [5.41, 5.74) is 11.3. The molecule has 3 heteroatoms. The molecule has 3 aromatic rings. The molecule has 5 rings (SSSR count). The molecule has 0 amide bonds. The molecule has 2 aliphatic carbocycles. The van der Waals surface area contributed by atoms with Gasteiger partial charge in [-0.25, -0.2) is 0 Å². The predicted octanol–water partition coefficient (Wildman–Crippen LogP) is 1.37. The molecule has 0 radical (unpaired) electrons. The van der Waals surface area contributed by atoms with Gasteiger partial charge in [0.05, 0.1) is 0 Å². The molecule has 0 unspecified atom stereocenters. The molecule has 0 aromatic heterocycles. The Morgan fingerprint density at radius 3 is 2.03 bits per heavy atom. The molecule has 3 aromatic carbocycles. The van der Waals surface area contributed by atoms with Gasteiger partial charge < -0.3 is 24.8 Å². The minimum atomic E-state index is 0. The molecule has 31 heavy (non-hydrogen) atoms. The van der Waals surface area contributed by atoms with Gasteiger partial charge in [0.2, 0.25) is 0 Å². The fraction of sp³-hybridized carbons (Fsp3) is 0.357. The Bertz CT molecular complexity index is 910.